The summed E-state index contributed by atoms with van der Waals surface area (Å²) in [5, 5.41) is 0.318. The smallest absolute Gasteiger partial charge is 0.258 e. The normalized spacial score (nSPS) is 10.3. The van der Waals surface area contributed by atoms with Gasteiger partial charge in [-0.3, -0.25) is 4.98 Å². The highest BCUT2D eigenvalue weighted by Gasteiger charge is 2.12. The van der Waals surface area contributed by atoms with Gasteiger partial charge >= 0.3 is 0 Å². The van der Waals surface area contributed by atoms with E-state index in [1.807, 2.05) is 0 Å². The van der Waals surface area contributed by atoms with Crippen LogP contribution in [0.2, 0.25) is 5.02 Å². The molecule has 0 fully saturated rings. The molecule has 88 valence electrons. The molecule has 17 heavy (non-hydrogen) atoms. The maximum atomic E-state index is 13.3. The van der Waals surface area contributed by atoms with Crippen molar-refractivity contribution in [3.05, 3.63) is 41.2 Å². The van der Waals surface area contributed by atoms with Crippen LogP contribution < -0.4 is 10.5 Å². The standard InChI is InChI=1S/C10H6ClF2N3O/c11-5-1-6(4-15-3-5)17-10-8(13)2-7(12)9(14)16-10/h1-4H,(H2,14,16). The molecular formula is C10H6ClF2N3O. The van der Waals surface area contributed by atoms with Gasteiger partial charge in [-0.05, 0) is 0 Å². The van der Waals surface area contributed by atoms with Gasteiger partial charge in [0, 0.05) is 18.3 Å². The Morgan fingerprint density at radius 2 is 1.94 bits per heavy atom. The molecule has 0 aliphatic carbocycles. The van der Waals surface area contributed by atoms with Gasteiger partial charge in [-0.1, -0.05) is 11.6 Å². The molecule has 0 amide bonds. The van der Waals surface area contributed by atoms with Gasteiger partial charge in [-0.2, -0.15) is 4.98 Å². The van der Waals surface area contributed by atoms with Gasteiger partial charge in [0.1, 0.15) is 5.75 Å². The number of nitrogen functional groups attached to an aromatic ring is 1. The molecule has 4 nitrogen and oxygen atoms in total. The van der Waals surface area contributed by atoms with Crippen molar-refractivity contribution in [2.45, 2.75) is 0 Å². The van der Waals surface area contributed by atoms with Crippen molar-refractivity contribution in [1.29, 1.82) is 0 Å². The summed E-state index contributed by atoms with van der Waals surface area (Å²) in [6.45, 7) is 0. The molecule has 2 N–H and O–H groups in total. The molecule has 2 aromatic heterocycles. The van der Waals surface area contributed by atoms with Crippen LogP contribution in [0.15, 0.2) is 24.5 Å². The first kappa shape index (κ1) is 11.5. The Kier molecular flexibility index (Phi) is 3.06. The summed E-state index contributed by atoms with van der Waals surface area (Å²) in [4.78, 5) is 7.17. The van der Waals surface area contributed by atoms with Crippen molar-refractivity contribution in [3.8, 4) is 11.6 Å². The Hall–Kier alpha value is -1.95. The van der Waals surface area contributed by atoms with Crippen LogP contribution in [0.5, 0.6) is 11.6 Å². The zero-order chi connectivity index (χ0) is 12.4. The van der Waals surface area contributed by atoms with E-state index < -0.39 is 23.3 Å². The van der Waals surface area contributed by atoms with Gasteiger partial charge in [0.15, 0.2) is 17.5 Å². The number of rotatable bonds is 2. The van der Waals surface area contributed by atoms with Crippen LogP contribution in [-0.4, -0.2) is 9.97 Å². The molecule has 0 aliphatic rings. The lowest BCUT2D eigenvalue weighted by Gasteiger charge is -2.06. The third-order valence-electron chi connectivity index (χ3n) is 1.82. The van der Waals surface area contributed by atoms with E-state index in [1.165, 1.54) is 18.5 Å². The van der Waals surface area contributed by atoms with E-state index in [4.69, 9.17) is 22.1 Å². The lowest BCUT2D eigenvalue weighted by molar-refractivity contribution is 0.417. The molecule has 2 heterocycles. The fourth-order valence-corrected chi connectivity index (χ4v) is 1.26. The molecule has 0 atom stereocenters. The quantitative estimate of drug-likeness (QED) is 0.899. The highest BCUT2D eigenvalue weighted by atomic mass is 35.5. The van der Waals surface area contributed by atoms with Crippen LogP contribution in [0.3, 0.4) is 0 Å². The Morgan fingerprint density at radius 3 is 2.65 bits per heavy atom. The van der Waals surface area contributed by atoms with E-state index in [0.29, 0.717) is 11.1 Å². The molecular weight excluding hydrogens is 252 g/mol. The van der Waals surface area contributed by atoms with Crippen molar-refractivity contribution in [2.24, 2.45) is 0 Å². The number of hydrogen-bond acceptors (Lipinski definition) is 4. The first-order chi connectivity index (χ1) is 8.06. The predicted molar refractivity (Wildman–Crippen MR) is 57.9 cm³/mol. The van der Waals surface area contributed by atoms with E-state index in [-0.39, 0.29) is 5.75 Å². The first-order valence-electron chi connectivity index (χ1n) is 4.46. The van der Waals surface area contributed by atoms with Gasteiger partial charge in [-0.15, -0.1) is 0 Å². The number of aromatic nitrogens is 2. The average molecular weight is 258 g/mol. The van der Waals surface area contributed by atoms with Crippen molar-refractivity contribution in [2.75, 3.05) is 5.73 Å². The van der Waals surface area contributed by atoms with Crippen LogP contribution in [0, 0.1) is 11.6 Å². The maximum absolute atomic E-state index is 13.3. The molecule has 0 saturated carbocycles. The van der Waals surface area contributed by atoms with Gasteiger partial charge < -0.3 is 10.5 Å². The Balaban J connectivity index is 2.33. The second-order valence-corrected chi connectivity index (χ2v) is 3.52. The lowest BCUT2D eigenvalue weighted by atomic mass is 10.4. The van der Waals surface area contributed by atoms with Crippen LogP contribution in [0.1, 0.15) is 0 Å². The minimum absolute atomic E-state index is 0.176. The number of ether oxygens (including phenoxy) is 1. The number of pyridine rings is 2. The van der Waals surface area contributed by atoms with Crippen LogP contribution in [0.25, 0.3) is 0 Å². The van der Waals surface area contributed by atoms with Crippen LogP contribution in [-0.2, 0) is 0 Å². The van der Waals surface area contributed by atoms with Crippen LogP contribution >= 0.6 is 11.6 Å². The van der Waals surface area contributed by atoms with Gasteiger partial charge in [0.2, 0.25) is 0 Å². The zero-order valence-corrected chi connectivity index (χ0v) is 9.08. The Labute approximate surface area is 100 Å². The third kappa shape index (κ3) is 2.59. The fourth-order valence-electron chi connectivity index (χ4n) is 1.09. The summed E-state index contributed by atoms with van der Waals surface area (Å²) in [7, 11) is 0. The minimum Gasteiger partial charge on any atom is -0.435 e. The van der Waals surface area contributed by atoms with Crippen molar-refractivity contribution >= 4 is 17.4 Å². The predicted octanol–water partition coefficient (Wildman–Crippen LogP) is 2.78. The van der Waals surface area contributed by atoms with Crippen LogP contribution in [0.4, 0.5) is 14.6 Å². The molecule has 0 aromatic carbocycles. The fraction of sp³-hybridized carbons (Fsp3) is 0. The van der Waals surface area contributed by atoms with E-state index in [9.17, 15) is 8.78 Å². The summed E-state index contributed by atoms with van der Waals surface area (Å²) < 4.78 is 31.2. The molecule has 0 unspecified atom stereocenters. The van der Waals surface area contributed by atoms with E-state index in [2.05, 4.69) is 9.97 Å². The van der Waals surface area contributed by atoms with E-state index in [0.717, 1.165) is 0 Å². The highest BCUT2D eigenvalue weighted by Crippen LogP contribution is 2.25. The molecule has 0 saturated heterocycles. The Bertz CT molecular complexity index is 565. The molecule has 0 radical (unpaired) electrons. The SMILES string of the molecule is Nc1nc(Oc2cncc(Cl)c2)c(F)cc1F. The molecule has 7 heteroatoms. The monoisotopic (exact) mass is 257 g/mol. The van der Waals surface area contributed by atoms with Crippen molar-refractivity contribution < 1.29 is 13.5 Å². The first-order valence-corrected chi connectivity index (χ1v) is 4.84. The minimum atomic E-state index is -0.961. The second-order valence-electron chi connectivity index (χ2n) is 3.08. The number of nitrogens with zero attached hydrogens (tertiary/aromatic N) is 2. The summed E-state index contributed by atoms with van der Waals surface area (Å²) in [5.41, 5.74) is 5.20. The van der Waals surface area contributed by atoms with E-state index >= 15 is 0 Å². The maximum Gasteiger partial charge on any atom is 0.258 e. The topological polar surface area (TPSA) is 61.0 Å². The average Bonchev–Trinajstić information content (AvgIpc) is 2.26. The summed E-state index contributed by atoms with van der Waals surface area (Å²) in [6, 6.07) is 2.00. The van der Waals surface area contributed by atoms with Crippen molar-refractivity contribution in [3.63, 3.8) is 0 Å². The van der Waals surface area contributed by atoms with Gasteiger partial charge in [-0.25, -0.2) is 8.78 Å². The number of nitrogens with two attached hydrogens (primary N) is 1. The van der Waals surface area contributed by atoms with Gasteiger partial charge in [0.05, 0.1) is 11.2 Å². The number of halogens is 3. The second kappa shape index (κ2) is 4.50. The van der Waals surface area contributed by atoms with Gasteiger partial charge in [0.25, 0.3) is 5.88 Å². The third-order valence-corrected chi connectivity index (χ3v) is 2.03. The zero-order valence-electron chi connectivity index (χ0n) is 8.32. The summed E-state index contributed by atoms with van der Waals surface area (Å²) >= 11 is 5.67. The largest absolute Gasteiger partial charge is 0.435 e. The number of hydrogen-bond donors (Lipinski definition) is 1. The molecule has 0 spiro atoms. The highest BCUT2D eigenvalue weighted by molar-refractivity contribution is 6.30. The van der Waals surface area contributed by atoms with E-state index in [1.54, 1.807) is 0 Å². The summed E-state index contributed by atoms with van der Waals surface area (Å²) in [5.74, 6) is -2.62. The molecule has 2 rings (SSSR count). The van der Waals surface area contributed by atoms with Crippen molar-refractivity contribution in [1.82, 2.24) is 9.97 Å². The molecule has 2 aromatic rings. The molecule has 0 aliphatic heterocycles. The summed E-state index contributed by atoms with van der Waals surface area (Å²) in [6.07, 6.45) is 2.70. The Morgan fingerprint density at radius 1 is 1.18 bits per heavy atom. The number of anilines is 1. The molecule has 0 bridgehead atoms. The lowest BCUT2D eigenvalue weighted by Crippen LogP contribution is -2.00.